The molecule has 0 aromatic rings. The summed E-state index contributed by atoms with van der Waals surface area (Å²) in [6.45, 7) is 1.84. The zero-order chi connectivity index (χ0) is 6.69. The van der Waals surface area contributed by atoms with Gasteiger partial charge in [0.2, 0.25) is 5.96 Å². The van der Waals surface area contributed by atoms with Gasteiger partial charge in [-0.2, -0.15) is 0 Å². The van der Waals surface area contributed by atoms with Crippen LogP contribution >= 0.6 is 0 Å². The van der Waals surface area contributed by atoms with Gasteiger partial charge in [0.25, 0.3) is 0 Å². The van der Waals surface area contributed by atoms with E-state index in [1.165, 1.54) is 0 Å². The monoisotopic (exact) mass is 129 g/mol. The smallest absolute Gasteiger partial charge is 0.218 e. The number of rotatable bonds is 1. The average molecular weight is 129 g/mol. The Hall–Kier alpha value is -0.770. The number of hydroxylamine groups is 1. The van der Waals surface area contributed by atoms with Crippen molar-refractivity contribution in [1.29, 1.82) is 0 Å². The predicted octanol–water partition coefficient (Wildman–Crippen LogP) is -0.561. The molecule has 0 aliphatic carbocycles. The molecular weight excluding hydrogens is 118 g/mol. The standard InChI is InChI=1S/C5H11N3O/c1-8-4-3-6-5(8)7-9-2/h3-4H2,1-2H3,(H,6,7). The molecule has 0 aromatic carbocycles. The molecule has 1 aliphatic rings. The van der Waals surface area contributed by atoms with Crippen molar-refractivity contribution in [3.63, 3.8) is 0 Å². The van der Waals surface area contributed by atoms with E-state index in [1.807, 2.05) is 11.9 Å². The van der Waals surface area contributed by atoms with Crippen LogP contribution < -0.4 is 5.48 Å². The van der Waals surface area contributed by atoms with Crippen molar-refractivity contribution in [1.82, 2.24) is 10.4 Å². The highest BCUT2D eigenvalue weighted by atomic mass is 16.6. The lowest BCUT2D eigenvalue weighted by atomic mass is 10.6. The molecule has 0 saturated carbocycles. The van der Waals surface area contributed by atoms with Crippen molar-refractivity contribution >= 4 is 5.96 Å². The van der Waals surface area contributed by atoms with Crippen LogP contribution in [0.3, 0.4) is 0 Å². The van der Waals surface area contributed by atoms with Crippen LogP contribution in [0, 0.1) is 0 Å². The lowest BCUT2D eigenvalue weighted by molar-refractivity contribution is 0.135. The van der Waals surface area contributed by atoms with Crippen LogP contribution in [0.1, 0.15) is 0 Å². The molecule has 0 saturated heterocycles. The summed E-state index contributed by atoms with van der Waals surface area (Å²) in [5, 5.41) is 0. The SMILES string of the molecule is CONC1=NCCN1C. The lowest BCUT2D eigenvalue weighted by Gasteiger charge is -2.12. The minimum Gasteiger partial charge on any atom is -0.342 e. The molecule has 4 heteroatoms. The quantitative estimate of drug-likeness (QED) is 0.482. The third kappa shape index (κ3) is 1.32. The Morgan fingerprint density at radius 3 is 3.00 bits per heavy atom. The number of nitrogens with one attached hydrogen (secondary N) is 1. The summed E-state index contributed by atoms with van der Waals surface area (Å²) in [4.78, 5) is 10.8. The number of nitrogens with zero attached hydrogens (tertiary/aromatic N) is 2. The Morgan fingerprint density at radius 2 is 2.56 bits per heavy atom. The molecule has 0 aromatic heterocycles. The average Bonchev–Trinajstić information content (AvgIpc) is 2.18. The van der Waals surface area contributed by atoms with E-state index in [4.69, 9.17) is 0 Å². The number of likely N-dealkylation sites (N-methyl/N-ethyl adjacent to an activating group) is 1. The molecule has 1 aliphatic heterocycles. The molecular formula is C5H11N3O. The van der Waals surface area contributed by atoms with E-state index >= 15 is 0 Å². The molecule has 0 unspecified atom stereocenters. The van der Waals surface area contributed by atoms with Crippen molar-refractivity contribution in [2.24, 2.45) is 4.99 Å². The summed E-state index contributed by atoms with van der Waals surface area (Å²) in [5.74, 6) is 0.817. The van der Waals surface area contributed by atoms with E-state index in [2.05, 4.69) is 15.3 Å². The second-order valence-corrected chi connectivity index (χ2v) is 1.93. The van der Waals surface area contributed by atoms with E-state index in [9.17, 15) is 0 Å². The number of aliphatic imine (C=N–C) groups is 1. The summed E-state index contributed by atoms with van der Waals surface area (Å²) in [5.41, 5.74) is 2.67. The van der Waals surface area contributed by atoms with Crippen LogP contribution in [0.2, 0.25) is 0 Å². The first-order valence-corrected chi connectivity index (χ1v) is 2.89. The van der Waals surface area contributed by atoms with Gasteiger partial charge in [-0.3, -0.25) is 4.84 Å². The fraction of sp³-hybridized carbons (Fsp3) is 0.800. The van der Waals surface area contributed by atoms with Gasteiger partial charge in [0.1, 0.15) is 0 Å². The molecule has 4 nitrogen and oxygen atoms in total. The van der Waals surface area contributed by atoms with E-state index in [-0.39, 0.29) is 0 Å². The molecule has 9 heavy (non-hydrogen) atoms. The van der Waals surface area contributed by atoms with E-state index in [1.54, 1.807) is 7.11 Å². The topological polar surface area (TPSA) is 36.9 Å². The maximum atomic E-state index is 4.67. The normalized spacial score (nSPS) is 18.0. The van der Waals surface area contributed by atoms with Crippen molar-refractivity contribution < 1.29 is 4.84 Å². The Kier molecular flexibility index (Phi) is 1.89. The molecule has 0 radical (unpaired) electrons. The third-order valence-corrected chi connectivity index (χ3v) is 1.25. The lowest BCUT2D eigenvalue weighted by Crippen LogP contribution is -2.34. The van der Waals surface area contributed by atoms with E-state index in [0.29, 0.717) is 0 Å². The van der Waals surface area contributed by atoms with Gasteiger partial charge < -0.3 is 4.90 Å². The summed E-state index contributed by atoms with van der Waals surface area (Å²) in [7, 11) is 3.55. The molecule has 0 fully saturated rings. The fourth-order valence-electron chi connectivity index (χ4n) is 0.734. The van der Waals surface area contributed by atoms with Gasteiger partial charge in [0.05, 0.1) is 13.7 Å². The minimum absolute atomic E-state index is 0.817. The molecule has 0 amide bonds. The molecule has 52 valence electrons. The van der Waals surface area contributed by atoms with E-state index in [0.717, 1.165) is 19.0 Å². The van der Waals surface area contributed by atoms with Gasteiger partial charge >= 0.3 is 0 Å². The van der Waals surface area contributed by atoms with Gasteiger partial charge in [-0.05, 0) is 0 Å². The maximum absolute atomic E-state index is 4.67. The first-order valence-electron chi connectivity index (χ1n) is 2.89. The van der Waals surface area contributed by atoms with E-state index < -0.39 is 0 Å². The largest absolute Gasteiger partial charge is 0.342 e. The summed E-state index contributed by atoms with van der Waals surface area (Å²) in [6, 6.07) is 0. The zero-order valence-electron chi connectivity index (χ0n) is 5.72. The summed E-state index contributed by atoms with van der Waals surface area (Å²) in [6.07, 6.45) is 0. The van der Waals surface area contributed by atoms with Crippen LogP contribution in [0.5, 0.6) is 0 Å². The minimum atomic E-state index is 0.817. The van der Waals surface area contributed by atoms with Crippen LogP contribution in [0.4, 0.5) is 0 Å². The fourth-order valence-corrected chi connectivity index (χ4v) is 0.734. The maximum Gasteiger partial charge on any atom is 0.218 e. The number of hydrogen-bond acceptors (Lipinski definition) is 4. The summed E-state index contributed by atoms with van der Waals surface area (Å²) >= 11 is 0. The van der Waals surface area contributed by atoms with Crippen molar-refractivity contribution in [3.8, 4) is 0 Å². The molecule has 1 N–H and O–H groups in total. The molecule has 0 spiro atoms. The van der Waals surface area contributed by atoms with Crippen molar-refractivity contribution in [3.05, 3.63) is 0 Å². The highest BCUT2D eigenvalue weighted by Crippen LogP contribution is 1.93. The Labute approximate surface area is 54.5 Å². The van der Waals surface area contributed by atoms with Gasteiger partial charge in [-0.25, -0.2) is 10.5 Å². The molecule has 0 bridgehead atoms. The van der Waals surface area contributed by atoms with Crippen LogP contribution in [0.15, 0.2) is 4.99 Å². The van der Waals surface area contributed by atoms with Crippen LogP contribution in [-0.4, -0.2) is 38.1 Å². The zero-order valence-corrected chi connectivity index (χ0v) is 5.72. The first-order chi connectivity index (χ1) is 4.34. The molecule has 0 atom stereocenters. The Bertz CT molecular complexity index is 123. The second kappa shape index (κ2) is 2.68. The molecule has 1 rings (SSSR count). The van der Waals surface area contributed by atoms with Crippen LogP contribution in [0.25, 0.3) is 0 Å². The number of hydrogen-bond donors (Lipinski definition) is 1. The molecule has 1 heterocycles. The number of guanidine groups is 1. The third-order valence-electron chi connectivity index (χ3n) is 1.25. The predicted molar refractivity (Wildman–Crippen MR) is 35.1 cm³/mol. The highest BCUT2D eigenvalue weighted by molar-refractivity contribution is 5.80. The highest BCUT2D eigenvalue weighted by Gasteiger charge is 2.10. The van der Waals surface area contributed by atoms with Gasteiger partial charge in [0, 0.05) is 13.6 Å². The van der Waals surface area contributed by atoms with Gasteiger partial charge in [-0.1, -0.05) is 0 Å². The van der Waals surface area contributed by atoms with Crippen molar-refractivity contribution in [2.45, 2.75) is 0 Å². The Morgan fingerprint density at radius 1 is 1.78 bits per heavy atom. The second-order valence-electron chi connectivity index (χ2n) is 1.93. The first kappa shape index (κ1) is 6.35. The van der Waals surface area contributed by atoms with Gasteiger partial charge in [0.15, 0.2) is 0 Å². The van der Waals surface area contributed by atoms with Crippen molar-refractivity contribution in [2.75, 3.05) is 27.2 Å². The Balaban J connectivity index is 2.38. The summed E-state index contributed by atoms with van der Waals surface area (Å²) < 4.78 is 0. The van der Waals surface area contributed by atoms with Crippen LogP contribution in [-0.2, 0) is 4.84 Å². The van der Waals surface area contributed by atoms with Gasteiger partial charge in [-0.15, -0.1) is 0 Å².